The molecule has 2 fully saturated rings. The molecule has 0 spiro atoms. The second kappa shape index (κ2) is 7.78. The molecule has 0 radical (unpaired) electrons. The highest BCUT2D eigenvalue weighted by atomic mass is 35.5. The van der Waals surface area contributed by atoms with Crippen LogP contribution in [0.2, 0.25) is 5.02 Å². The summed E-state index contributed by atoms with van der Waals surface area (Å²) in [6.45, 7) is 3.72. The van der Waals surface area contributed by atoms with E-state index in [9.17, 15) is 4.79 Å². The highest BCUT2D eigenvalue weighted by molar-refractivity contribution is 6.32. The van der Waals surface area contributed by atoms with Crippen molar-refractivity contribution in [3.05, 3.63) is 57.5 Å². The summed E-state index contributed by atoms with van der Waals surface area (Å²) in [5.41, 5.74) is 1.28. The minimum Gasteiger partial charge on any atom is -0.380 e. The lowest BCUT2D eigenvalue weighted by molar-refractivity contribution is -0.0241. The molecule has 1 saturated carbocycles. The summed E-state index contributed by atoms with van der Waals surface area (Å²) in [5.74, 6) is 0. The van der Waals surface area contributed by atoms with E-state index in [0.29, 0.717) is 18.8 Å². The van der Waals surface area contributed by atoms with E-state index in [1.54, 1.807) is 6.20 Å². The van der Waals surface area contributed by atoms with E-state index in [4.69, 9.17) is 16.3 Å². The summed E-state index contributed by atoms with van der Waals surface area (Å²) in [7, 11) is 0. The number of anilines is 1. The van der Waals surface area contributed by atoms with E-state index in [2.05, 4.69) is 15.3 Å². The van der Waals surface area contributed by atoms with Gasteiger partial charge >= 0.3 is 0 Å². The maximum absolute atomic E-state index is 12.5. The van der Waals surface area contributed by atoms with E-state index < -0.39 is 0 Å². The Morgan fingerprint density at radius 1 is 1.27 bits per heavy atom. The van der Waals surface area contributed by atoms with Crippen molar-refractivity contribution in [2.75, 3.05) is 31.6 Å². The van der Waals surface area contributed by atoms with Crippen LogP contribution in [0.4, 0.5) is 5.69 Å². The number of hydrogen-bond donors (Lipinski definition) is 1. The molecule has 6 nitrogen and oxygen atoms in total. The molecule has 1 N–H and O–H groups in total. The zero-order valence-electron chi connectivity index (χ0n) is 14.6. The summed E-state index contributed by atoms with van der Waals surface area (Å²) in [4.78, 5) is 15.0. The second-order valence-corrected chi connectivity index (χ2v) is 7.30. The smallest absolute Gasteiger partial charge is 0.287 e. The molecule has 0 bridgehead atoms. The van der Waals surface area contributed by atoms with Gasteiger partial charge in [0.15, 0.2) is 0 Å². The average molecular weight is 375 g/mol. The largest absolute Gasteiger partial charge is 0.380 e. The average Bonchev–Trinajstić information content (AvgIpc) is 3.51. The van der Waals surface area contributed by atoms with Gasteiger partial charge in [0.1, 0.15) is 5.02 Å². The van der Waals surface area contributed by atoms with E-state index in [1.165, 1.54) is 17.5 Å². The minimum absolute atomic E-state index is 0.104. The van der Waals surface area contributed by atoms with Gasteiger partial charge in [-0.25, -0.2) is 4.68 Å². The van der Waals surface area contributed by atoms with Crippen molar-refractivity contribution < 1.29 is 4.74 Å². The van der Waals surface area contributed by atoms with Crippen LogP contribution in [0.1, 0.15) is 18.4 Å². The van der Waals surface area contributed by atoms with Gasteiger partial charge < -0.3 is 10.1 Å². The first-order chi connectivity index (χ1) is 12.7. The standard InChI is InChI=1S/C19H23ClN4O2/c20-18-17(21-10-16-13-23(8-9-26-16)15-6-7-15)11-22-24(19(18)25)12-14-4-2-1-3-5-14/h1-5,11,15-16,21H,6-10,12-13H2. The van der Waals surface area contributed by atoms with Crippen molar-refractivity contribution in [1.82, 2.24) is 14.7 Å². The van der Waals surface area contributed by atoms with Crippen molar-refractivity contribution >= 4 is 17.3 Å². The third-order valence-corrected chi connectivity index (χ3v) is 5.28. The first-order valence-corrected chi connectivity index (χ1v) is 9.47. The van der Waals surface area contributed by atoms with Gasteiger partial charge in [-0.2, -0.15) is 5.10 Å². The number of morpholine rings is 1. The minimum atomic E-state index is -0.287. The molecule has 2 heterocycles. The third-order valence-electron chi connectivity index (χ3n) is 4.91. The summed E-state index contributed by atoms with van der Waals surface area (Å²) >= 11 is 6.28. The van der Waals surface area contributed by atoms with Gasteiger partial charge in [-0.1, -0.05) is 41.9 Å². The lowest BCUT2D eigenvalue weighted by atomic mass is 10.2. The fourth-order valence-electron chi connectivity index (χ4n) is 3.32. The number of benzene rings is 1. The Morgan fingerprint density at radius 3 is 2.85 bits per heavy atom. The first-order valence-electron chi connectivity index (χ1n) is 9.10. The van der Waals surface area contributed by atoms with Crippen LogP contribution < -0.4 is 10.9 Å². The molecule has 26 heavy (non-hydrogen) atoms. The van der Waals surface area contributed by atoms with Crippen LogP contribution in [0, 0.1) is 0 Å². The van der Waals surface area contributed by atoms with Gasteiger partial charge in [0, 0.05) is 25.7 Å². The second-order valence-electron chi connectivity index (χ2n) is 6.92. The van der Waals surface area contributed by atoms with Crippen molar-refractivity contribution in [2.24, 2.45) is 0 Å². The van der Waals surface area contributed by atoms with Crippen LogP contribution in [0.25, 0.3) is 0 Å². The van der Waals surface area contributed by atoms with Crippen molar-refractivity contribution in [1.29, 1.82) is 0 Å². The zero-order chi connectivity index (χ0) is 17.9. The number of rotatable bonds is 6. The molecule has 0 amide bonds. The van der Waals surface area contributed by atoms with Gasteiger partial charge in [-0.05, 0) is 18.4 Å². The highest BCUT2D eigenvalue weighted by Gasteiger charge is 2.32. The van der Waals surface area contributed by atoms with Gasteiger partial charge in [0.05, 0.1) is 31.1 Å². The fourth-order valence-corrected chi connectivity index (χ4v) is 3.53. The topological polar surface area (TPSA) is 59.4 Å². The Kier molecular flexibility index (Phi) is 5.24. The van der Waals surface area contributed by atoms with E-state index >= 15 is 0 Å². The molecule has 1 saturated heterocycles. The predicted octanol–water partition coefficient (Wildman–Crippen LogP) is 2.22. The quantitative estimate of drug-likeness (QED) is 0.840. The van der Waals surface area contributed by atoms with Crippen molar-refractivity contribution in [2.45, 2.75) is 31.5 Å². The summed E-state index contributed by atoms with van der Waals surface area (Å²) in [6, 6.07) is 10.5. The Labute approximate surface area is 157 Å². The maximum atomic E-state index is 12.5. The van der Waals surface area contributed by atoms with Crippen LogP contribution in [-0.4, -0.2) is 53.1 Å². The summed E-state index contributed by atoms with van der Waals surface area (Å²) in [6.07, 6.45) is 4.33. The zero-order valence-corrected chi connectivity index (χ0v) is 15.4. The normalized spacial score (nSPS) is 20.9. The lowest BCUT2D eigenvalue weighted by Crippen LogP contribution is -2.46. The maximum Gasteiger partial charge on any atom is 0.287 e. The molecule has 1 aliphatic heterocycles. The molecule has 1 aromatic carbocycles. The fraction of sp³-hybridized carbons (Fsp3) is 0.474. The monoisotopic (exact) mass is 374 g/mol. The number of halogens is 1. The van der Waals surface area contributed by atoms with E-state index in [-0.39, 0.29) is 16.7 Å². The number of nitrogens with one attached hydrogen (secondary N) is 1. The predicted molar refractivity (Wildman–Crippen MR) is 102 cm³/mol. The summed E-state index contributed by atoms with van der Waals surface area (Å²) in [5, 5.41) is 7.66. The Bertz CT molecular complexity index is 807. The molecule has 2 aliphatic rings. The van der Waals surface area contributed by atoms with Gasteiger partial charge in [-0.3, -0.25) is 9.69 Å². The first kappa shape index (κ1) is 17.5. The molecule has 1 atom stereocenters. The number of hydrogen-bond acceptors (Lipinski definition) is 5. The van der Waals surface area contributed by atoms with Crippen LogP contribution in [0.3, 0.4) is 0 Å². The molecular weight excluding hydrogens is 352 g/mol. The lowest BCUT2D eigenvalue weighted by Gasteiger charge is -2.33. The molecule has 7 heteroatoms. The molecule has 1 aromatic heterocycles. The van der Waals surface area contributed by atoms with Crippen molar-refractivity contribution in [3.8, 4) is 0 Å². The highest BCUT2D eigenvalue weighted by Crippen LogP contribution is 2.28. The molecule has 4 rings (SSSR count). The van der Waals surface area contributed by atoms with E-state index in [0.717, 1.165) is 31.3 Å². The van der Waals surface area contributed by atoms with Crippen LogP contribution in [0.5, 0.6) is 0 Å². The molecule has 2 aromatic rings. The van der Waals surface area contributed by atoms with E-state index in [1.807, 2.05) is 30.3 Å². The number of ether oxygens (including phenoxy) is 1. The molecular formula is C19H23ClN4O2. The van der Waals surface area contributed by atoms with Crippen LogP contribution >= 0.6 is 11.6 Å². The molecule has 1 aliphatic carbocycles. The SMILES string of the molecule is O=c1c(Cl)c(NCC2CN(C3CC3)CCO2)cnn1Cc1ccccc1. The number of nitrogens with zero attached hydrogens (tertiary/aromatic N) is 3. The Hall–Kier alpha value is -1.89. The summed E-state index contributed by atoms with van der Waals surface area (Å²) < 4.78 is 7.21. The molecule has 138 valence electrons. The van der Waals surface area contributed by atoms with Gasteiger partial charge in [-0.15, -0.1) is 0 Å². The Balaban J connectivity index is 1.39. The van der Waals surface area contributed by atoms with Gasteiger partial charge in [0.25, 0.3) is 5.56 Å². The Morgan fingerprint density at radius 2 is 2.08 bits per heavy atom. The van der Waals surface area contributed by atoms with Crippen molar-refractivity contribution in [3.63, 3.8) is 0 Å². The third kappa shape index (κ3) is 4.09. The van der Waals surface area contributed by atoms with Crippen LogP contribution in [0.15, 0.2) is 41.3 Å². The van der Waals surface area contributed by atoms with Gasteiger partial charge in [0.2, 0.25) is 0 Å². The number of aromatic nitrogens is 2. The molecule has 1 unspecified atom stereocenters. The van der Waals surface area contributed by atoms with Crippen LogP contribution in [-0.2, 0) is 11.3 Å².